The lowest BCUT2D eigenvalue weighted by atomic mass is 10.2. The van der Waals surface area contributed by atoms with Crippen molar-refractivity contribution in [1.29, 1.82) is 0 Å². The molecule has 1 heterocycles. The van der Waals surface area contributed by atoms with E-state index in [-0.39, 0.29) is 4.88 Å². The summed E-state index contributed by atoms with van der Waals surface area (Å²) >= 11 is 1.21. The maximum Gasteiger partial charge on any atom is 0.347 e. The Balaban J connectivity index is 2.71. The van der Waals surface area contributed by atoms with Gasteiger partial charge in [-0.15, -0.1) is 0 Å². The molecule has 0 aliphatic rings. The molecule has 0 radical (unpaired) electrons. The fourth-order valence-electron chi connectivity index (χ4n) is 1.17. The molecular weight excluding hydrogens is 200 g/mol. The summed E-state index contributed by atoms with van der Waals surface area (Å²) in [6, 6.07) is 0. The Bertz CT molecular complexity index is 322. The van der Waals surface area contributed by atoms with Crippen LogP contribution < -0.4 is 4.90 Å². The third-order valence-corrected chi connectivity index (χ3v) is 2.77. The molecule has 0 amide bonds. The first-order chi connectivity index (χ1) is 6.50. The van der Waals surface area contributed by atoms with Crippen LogP contribution in [0.15, 0.2) is 6.20 Å². The van der Waals surface area contributed by atoms with Crippen LogP contribution in [0.5, 0.6) is 0 Å². The lowest BCUT2D eigenvalue weighted by molar-refractivity contribution is 0.0702. The summed E-state index contributed by atoms with van der Waals surface area (Å²) in [4.78, 5) is 16.9. The number of rotatable bonds is 4. The molecule has 14 heavy (non-hydrogen) atoms. The molecule has 1 N–H and O–H groups in total. The van der Waals surface area contributed by atoms with Crippen LogP contribution in [0.2, 0.25) is 0 Å². The molecule has 0 fully saturated rings. The van der Waals surface area contributed by atoms with Gasteiger partial charge in [-0.2, -0.15) is 0 Å². The van der Waals surface area contributed by atoms with Crippen LogP contribution in [0.3, 0.4) is 0 Å². The molecule has 0 aliphatic carbocycles. The van der Waals surface area contributed by atoms with E-state index in [0.717, 1.165) is 11.7 Å². The summed E-state index contributed by atoms with van der Waals surface area (Å²) in [5.41, 5.74) is 0. The predicted octanol–water partition coefficient (Wildman–Crippen LogP) is 1.93. The van der Waals surface area contributed by atoms with Crippen LogP contribution in [0, 0.1) is 5.92 Å². The second-order valence-electron chi connectivity index (χ2n) is 3.59. The van der Waals surface area contributed by atoms with Crippen molar-refractivity contribution in [2.75, 3.05) is 18.5 Å². The van der Waals surface area contributed by atoms with E-state index in [1.807, 2.05) is 11.9 Å². The second kappa shape index (κ2) is 4.41. The minimum Gasteiger partial charge on any atom is -0.477 e. The Hall–Kier alpha value is -1.10. The Labute approximate surface area is 87.2 Å². The van der Waals surface area contributed by atoms with Gasteiger partial charge in [-0.1, -0.05) is 25.2 Å². The Morgan fingerprint density at radius 3 is 2.79 bits per heavy atom. The fourth-order valence-corrected chi connectivity index (χ4v) is 1.89. The minimum atomic E-state index is -0.910. The van der Waals surface area contributed by atoms with Gasteiger partial charge < -0.3 is 10.0 Å². The van der Waals surface area contributed by atoms with Gasteiger partial charge in [0.15, 0.2) is 5.13 Å². The molecule has 0 unspecified atom stereocenters. The molecule has 0 aliphatic heterocycles. The van der Waals surface area contributed by atoms with E-state index in [4.69, 9.17) is 5.11 Å². The van der Waals surface area contributed by atoms with E-state index >= 15 is 0 Å². The highest BCUT2D eigenvalue weighted by molar-refractivity contribution is 7.17. The van der Waals surface area contributed by atoms with Gasteiger partial charge in [-0.3, -0.25) is 0 Å². The maximum absolute atomic E-state index is 10.6. The van der Waals surface area contributed by atoms with Gasteiger partial charge in [0.2, 0.25) is 0 Å². The molecule has 0 atom stereocenters. The topological polar surface area (TPSA) is 53.4 Å². The average Bonchev–Trinajstić information content (AvgIpc) is 2.50. The Morgan fingerprint density at radius 1 is 1.71 bits per heavy atom. The van der Waals surface area contributed by atoms with Crippen molar-refractivity contribution in [3.63, 3.8) is 0 Å². The van der Waals surface area contributed by atoms with E-state index in [1.54, 1.807) is 0 Å². The molecule has 1 aromatic heterocycles. The molecule has 78 valence electrons. The third-order valence-electron chi connectivity index (χ3n) is 1.67. The quantitative estimate of drug-likeness (QED) is 0.832. The van der Waals surface area contributed by atoms with Crippen LogP contribution in [-0.2, 0) is 0 Å². The normalized spacial score (nSPS) is 10.6. The van der Waals surface area contributed by atoms with Crippen molar-refractivity contribution in [1.82, 2.24) is 4.98 Å². The first-order valence-corrected chi connectivity index (χ1v) is 5.22. The van der Waals surface area contributed by atoms with Crippen LogP contribution in [0.4, 0.5) is 5.13 Å². The molecule has 0 aromatic carbocycles. The zero-order valence-electron chi connectivity index (χ0n) is 8.52. The van der Waals surface area contributed by atoms with E-state index in [0.29, 0.717) is 5.92 Å². The van der Waals surface area contributed by atoms with Crippen molar-refractivity contribution in [2.45, 2.75) is 13.8 Å². The number of carboxylic acids is 1. The summed E-state index contributed by atoms with van der Waals surface area (Å²) in [6.07, 6.45) is 1.40. The number of aromatic carboxylic acids is 1. The van der Waals surface area contributed by atoms with Crippen molar-refractivity contribution >= 4 is 22.4 Å². The number of aromatic nitrogens is 1. The highest BCUT2D eigenvalue weighted by atomic mass is 32.1. The number of thiazole rings is 1. The van der Waals surface area contributed by atoms with Gasteiger partial charge in [0, 0.05) is 13.6 Å². The van der Waals surface area contributed by atoms with Crippen molar-refractivity contribution in [3.8, 4) is 0 Å². The molecule has 0 spiro atoms. The molecular formula is C9H14N2O2S. The highest BCUT2D eigenvalue weighted by Gasteiger charge is 2.11. The van der Waals surface area contributed by atoms with Crippen LogP contribution in [-0.4, -0.2) is 29.7 Å². The maximum atomic E-state index is 10.6. The van der Waals surface area contributed by atoms with E-state index in [9.17, 15) is 4.79 Å². The van der Waals surface area contributed by atoms with Gasteiger partial charge in [0.1, 0.15) is 4.88 Å². The summed E-state index contributed by atoms with van der Waals surface area (Å²) in [6.45, 7) is 5.11. The molecule has 4 nitrogen and oxygen atoms in total. The molecule has 0 bridgehead atoms. The number of nitrogens with zero attached hydrogens (tertiary/aromatic N) is 2. The lowest BCUT2D eigenvalue weighted by Gasteiger charge is -2.17. The smallest absolute Gasteiger partial charge is 0.347 e. The van der Waals surface area contributed by atoms with Gasteiger partial charge in [0.25, 0.3) is 0 Å². The zero-order chi connectivity index (χ0) is 10.7. The second-order valence-corrected chi connectivity index (χ2v) is 4.60. The Morgan fingerprint density at radius 2 is 2.36 bits per heavy atom. The predicted molar refractivity (Wildman–Crippen MR) is 57.2 cm³/mol. The van der Waals surface area contributed by atoms with E-state index < -0.39 is 5.97 Å². The van der Waals surface area contributed by atoms with Gasteiger partial charge in [-0.25, -0.2) is 9.78 Å². The van der Waals surface area contributed by atoms with Crippen LogP contribution in [0.1, 0.15) is 23.5 Å². The average molecular weight is 214 g/mol. The minimum absolute atomic E-state index is 0.288. The fraction of sp³-hybridized carbons (Fsp3) is 0.556. The summed E-state index contributed by atoms with van der Waals surface area (Å²) in [5, 5.41) is 9.47. The summed E-state index contributed by atoms with van der Waals surface area (Å²) in [7, 11) is 1.92. The lowest BCUT2D eigenvalue weighted by Crippen LogP contribution is -2.22. The van der Waals surface area contributed by atoms with Crippen molar-refractivity contribution in [2.24, 2.45) is 5.92 Å². The molecule has 0 saturated heterocycles. The van der Waals surface area contributed by atoms with Gasteiger partial charge in [-0.05, 0) is 5.92 Å². The van der Waals surface area contributed by atoms with Gasteiger partial charge >= 0.3 is 5.97 Å². The summed E-state index contributed by atoms with van der Waals surface area (Å²) in [5.74, 6) is -0.371. The standard InChI is InChI=1S/C9H14N2O2S/c1-6(2)5-11(3)9-10-4-7(14-9)8(12)13/h4,6H,5H2,1-3H3,(H,12,13). The molecule has 1 rings (SSSR count). The number of hydrogen-bond acceptors (Lipinski definition) is 4. The van der Waals surface area contributed by atoms with Crippen LogP contribution in [0.25, 0.3) is 0 Å². The number of carboxylic acid groups (broad SMARTS) is 1. The monoisotopic (exact) mass is 214 g/mol. The number of carbonyl (C=O) groups is 1. The Kier molecular flexibility index (Phi) is 3.46. The van der Waals surface area contributed by atoms with E-state index in [1.165, 1.54) is 17.5 Å². The third kappa shape index (κ3) is 2.70. The SMILES string of the molecule is CC(C)CN(C)c1ncc(C(=O)O)s1. The molecule has 0 saturated carbocycles. The van der Waals surface area contributed by atoms with E-state index in [2.05, 4.69) is 18.8 Å². The van der Waals surface area contributed by atoms with Crippen LogP contribution >= 0.6 is 11.3 Å². The first-order valence-electron chi connectivity index (χ1n) is 4.41. The number of hydrogen-bond donors (Lipinski definition) is 1. The van der Waals surface area contributed by atoms with Gasteiger partial charge in [0.05, 0.1) is 6.20 Å². The zero-order valence-corrected chi connectivity index (χ0v) is 9.34. The summed E-state index contributed by atoms with van der Waals surface area (Å²) < 4.78 is 0. The van der Waals surface area contributed by atoms with Crippen molar-refractivity contribution < 1.29 is 9.90 Å². The molecule has 5 heteroatoms. The highest BCUT2D eigenvalue weighted by Crippen LogP contribution is 2.21. The van der Waals surface area contributed by atoms with Crippen molar-refractivity contribution in [3.05, 3.63) is 11.1 Å². The largest absolute Gasteiger partial charge is 0.477 e. The molecule has 1 aromatic rings. The number of anilines is 1. The first kappa shape index (κ1) is 11.0.